The van der Waals surface area contributed by atoms with E-state index in [-0.39, 0.29) is 0 Å². The Morgan fingerprint density at radius 2 is 1.70 bits per heavy atom. The van der Waals surface area contributed by atoms with Crippen LogP contribution in [0.5, 0.6) is 11.5 Å². The van der Waals surface area contributed by atoms with Crippen molar-refractivity contribution >= 4 is 21.6 Å². The molecule has 0 aliphatic rings. The molecule has 0 aromatic heterocycles. The average molecular weight is 426 g/mol. The largest absolute Gasteiger partial charge is 0.493 e. The molecular formula is C23H24BrNO2. The van der Waals surface area contributed by atoms with Crippen LogP contribution in [0.2, 0.25) is 0 Å². The number of hydrogen-bond donors (Lipinski definition) is 1. The second-order valence-electron chi connectivity index (χ2n) is 6.55. The lowest BCUT2D eigenvalue weighted by Gasteiger charge is -2.18. The van der Waals surface area contributed by atoms with Crippen molar-refractivity contribution in [2.24, 2.45) is 0 Å². The number of hydrogen-bond acceptors (Lipinski definition) is 3. The van der Waals surface area contributed by atoms with Crippen molar-refractivity contribution in [3.8, 4) is 11.5 Å². The first-order valence-electron chi connectivity index (χ1n) is 8.91. The Bertz CT molecular complexity index is 907. The lowest BCUT2D eigenvalue weighted by molar-refractivity contribution is 0.281. The normalized spacial score (nSPS) is 10.5. The van der Waals surface area contributed by atoms with Gasteiger partial charge in [0.15, 0.2) is 11.5 Å². The Morgan fingerprint density at radius 3 is 2.41 bits per heavy atom. The number of methoxy groups -OCH3 is 1. The van der Waals surface area contributed by atoms with E-state index in [2.05, 4.69) is 77.6 Å². The zero-order valence-electron chi connectivity index (χ0n) is 15.9. The SMILES string of the molecule is COc1ccc(Br)c(CNc2ccc(C)cc2)c1OCc1cccc(C)c1. The highest BCUT2D eigenvalue weighted by Crippen LogP contribution is 2.37. The van der Waals surface area contributed by atoms with Gasteiger partial charge in [-0.15, -0.1) is 0 Å². The van der Waals surface area contributed by atoms with Gasteiger partial charge in [-0.05, 0) is 43.7 Å². The summed E-state index contributed by atoms with van der Waals surface area (Å²) >= 11 is 3.66. The van der Waals surface area contributed by atoms with Crippen molar-refractivity contribution in [2.75, 3.05) is 12.4 Å². The molecule has 0 aliphatic heterocycles. The second-order valence-corrected chi connectivity index (χ2v) is 7.41. The first-order valence-corrected chi connectivity index (χ1v) is 9.70. The molecule has 0 radical (unpaired) electrons. The highest BCUT2D eigenvalue weighted by Gasteiger charge is 2.15. The monoisotopic (exact) mass is 425 g/mol. The van der Waals surface area contributed by atoms with E-state index in [4.69, 9.17) is 9.47 Å². The van der Waals surface area contributed by atoms with Crippen molar-refractivity contribution in [1.82, 2.24) is 0 Å². The molecule has 0 saturated carbocycles. The molecule has 0 heterocycles. The van der Waals surface area contributed by atoms with Crippen molar-refractivity contribution < 1.29 is 9.47 Å². The average Bonchev–Trinajstić information content (AvgIpc) is 2.67. The van der Waals surface area contributed by atoms with Gasteiger partial charge < -0.3 is 14.8 Å². The zero-order valence-corrected chi connectivity index (χ0v) is 17.5. The molecule has 3 rings (SSSR count). The number of nitrogens with one attached hydrogen (secondary N) is 1. The van der Waals surface area contributed by atoms with E-state index in [0.717, 1.165) is 32.8 Å². The minimum absolute atomic E-state index is 0.492. The van der Waals surface area contributed by atoms with Crippen LogP contribution in [0, 0.1) is 13.8 Å². The van der Waals surface area contributed by atoms with Crippen LogP contribution in [0.3, 0.4) is 0 Å². The van der Waals surface area contributed by atoms with Gasteiger partial charge in [0.25, 0.3) is 0 Å². The molecule has 0 bridgehead atoms. The Morgan fingerprint density at radius 1 is 0.926 bits per heavy atom. The third-order valence-electron chi connectivity index (χ3n) is 4.37. The number of rotatable bonds is 7. The second kappa shape index (κ2) is 8.96. The third kappa shape index (κ3) is 5.04. The molecule has 0 saturated heterocycles. The molecule has 3 nitrogen and oxygen atoms in total. The van der Waals surface area contributed by atoms with E-state index in [1.807, 2.05) is 18.2 Å². The fourth-order valence-electron chi connectivity index (χ4n) is 2.89. The standard InChI is InChI=1S/C23H24BrNO2/c1-16-7-9-19(10-8-16)25-14-20-21(24)11-12-22(26-3)23(20)27-15-18-6-4-5-17(2)13-18/h4-13,25H,14-15H2,1-3H3. The van der Waals surface area contributed by atoms with Gasteiger partial charge in [0, 0.05) is 22.3 Å². The molecule has 1 N–H and O–H groups in total. The molecule has 140 valence electrons. The topological polar surface area (TPSA) is 30.5 Å². The van der Waals surface area contributed by atoms with E-state index >= 15 is 0 Å². The van der Waals surface area contributed by atoms with Crippen LogP contribution in [-0.2, 0) is 13.2 Å². The van der Waals surface area contributed by atoms with Crippen LogP contribution in [-0.4, -0.2) is 7.11 Å². The first kappa shape index (κ1) is 19.3. The summed E-state index contributed by atoms with van der Waals surface area (Å²) in [6.45, 7) is 5.29. The van der Waals surface area contributed by atoms with Gasteiger partial charge in [-0.1, -0.05) is 63.5 Å². The number of halogens is 1. The predicted molar refractivity (Wildman–Crippen MR) is 115 cm³/mol. The molecule has 0 unspecified atom stereocenters. The summed E-state index contributed by atoms with van der Waals surface area (Å²) in [7, 11) is 1.67. The van der Waals surface area contributed by atoms with Crippen molar-refractivity contribution in [2.45, 2.75) is 27.0 Å². The number of aryl methyl sites for hydroxylation is 2. The van der Waals surface area contributed by atoms with Crippen molar-refractivity contribution in [3.63, 3.8) is 0 Å². The minimum atomic E-state index is 0.492. The highest BCUT2D eigenvalue weighted by molar-refractivity contribution is 9.10. The maximum atomic E-state index is 6.19. The van der Waals surface area contributed by atoms with Gasteiger partial charge in [-0.3, -0.25) is 0 Å². The van der Waals surface area contributed by atoms with Gasteiger partial charge >= 0.3 is 0 Å². The van der Waals surface area contributed by atoms with Gasteiger partial charge in [0.05, 0.1) is 7.11 Å². The van der Waals surface area contributed by atoms with Crippen LogP contribution in [0.1, 0.15) is 22.3 Å². The van der Waals surface area contributed by atoms with Crippen molar-refractivity contribution in [1.29, 1.82) is 0 Å². The van der Waals surface area contributed by atoms with Gasteiger partial charge in [-0.25, -0.2) is 0 Å². The van der Waals surface area contributed by atoms with Crippen LogP contribution in [0.25, 0.3) is 0 Å². The molecule has 3 aromatic carbocycles. The summed E-state index contributed by atoms with van der Waals surface area (Å²) in [5, 5.41) is 3.46. The van der Waals surface area contributed by atoms with E-state index in [1.54, 1.807) is 7.11 Å². The van der Waals surface area contributed by atoms with E-state index in [1.165, 1.54) is 11.1 Å². The first-order chi connectivity index (χ1) is 13.1. The number of benzene rings is 3. The molecule has 0 atom stereocenters. The third-order valence-corrected chi connectivity index (χ3v) is 5.12. The van der Waals surface area contributed by atoms with Crippen LogP contribution < -0.4 is 14.8 Å². The fourth-order valence-corrected chi connectivity index (χ4v) is 3.34. The summed E-state index contributed by atoms with van der Waals surface area (Å²) in [6.07, 6.45) is 0. The molecule has 4 heteroatoms. The number of ether oxygens (including phenoxy) is 2. The smallest absolute Gasteiger partial charge is 0.167 e. The summed E-state index contributed by atoms with van der Waals surface area (Å²) in [6, 6.07) is 20.6. The summed E-state index contributed by atoms with van der Waals surface area (Å²) < 4.78 is 12.7. The van der Waals surface area contributed by atoms with Gasteiger partial charge in [0.1, 0.15) is 6.61 Å². The molecule has 0 amide bonds. The molecule has 0 fully saturated rings. The Kier molecular flexibility index (Phi) is 6.40. The predicted octanol–water partition coefficient (Wildman–Crippen LogP) is 6.27. The Hall–Kier alpha value is -2.46. The fraction of sp³-hybridized carbons (Fsp3) is 0.217. The minimum Gasteiger partial charge on any atom is -0.493 e. The van der Waals surface area contributed by atoms with Gasteiger partial charge in [0.2, 0.25) is 0 Å². The lowest BCUT2D eigenvalue weighted by Crippen LogP contribution is -2.06. The molecule has 3 aromatic rings. The molecular weight excluding hydrogens is 402 g/mol. The molecule has 0 spiro atoms. The molecule has 27 heavy (non-hydrogen) atoms. The Balaban J connectivity index is 1.82. The van der Waals surface area contributed by atoms with Crippen LogP contribution >= 0.6 is 15.9 Å². The summed E-state index contributed by atoms with van der Waals surface area (Å²) in [4.78, 5) is 0. The van der Waals surface area contributed by atoms with E-state index in [0.29, 0.717) is 13.2 Å². The van der Waals surface area contributed by atoms with Gasteiger partial charge in [-0.2, -0.15) is 0 Å². The maximum Gasteiger partial charge on any atom is 0.167 e. The Labute approximate surface area is 169 Å². The van der Waals surface area contributed by atoms with E-state index < -0.39 is 0 Å². The molecule has 0 aliphatic carbocycles. The number of anilines is 1. The summed E-state index contributed by atoms with van der Waals surface area (Å²) in [5.74, 6) is 1.49. The van der Waals surface area contributed by atoms with E-state index in [9.17, 15) is 0 Å². The van der Waals surface area contributed by atoms with Crippen LogP contribution in [0.4, 0.5) is 5.69 Å². The van der Waals surface area contributed by atoms with Crippen molar-refractivity contribution in [3.05, 3.63) is 87.4 Å². The van der Waals surface area contributed by atoms with Crippen LogP contribution in [0.15, 0.2) is 65.1 Å². The summed E-state index contributed by atoms with van der Waals surface area (Å²) in [5.41, 5.74) is 5.70. The maximum absolute atomic E-state index is 6.19. The lowest BCUT2D eigenvalue weighted by atomic mass is 10.1. The zero-order chi connectivity index (χ0) is 19.2. The quantitative estimate of drug-likeness (QED) is 0.483. The highest BCUT2D eigenvalue weighted by atomic mass is 79.9.